The number of carboxylic acids is 1. The van der Waals surface area contributed by atoms with Crippen molar-refractivity contribution in [2.24, 2.45) is 0 Å². The van der Waals surface area contributed by atoms with Crippen LogP contribution in [0.3, 0.4) is 0 Å². The number of carboxylic acid groups (broad SMARTS) is 1. The first kappa shape index (κ1) is 29.4. The lowest BCUT2D eigenvalue weighted by molar-refractivity contribution is -0.137. The Labute approximate surface area is 221 Å². The molecule has 2 rings (SSSR count). The molecule has 4 N–H and O–H groups in total. The van der Waals surface area contributed by atoms with Crippen LogP contribution in [0.15, 0.2) is 36.4 Å². The highest BCUT2D eigenvalue weighted by Crippen LogP contribution is 2.24. The molecule has 0 fully saturated rings. The zero-order valence-corrected chi connectivity index (χ0v) is 22.4. The summed E-state index contributed by atoms with van der Waals surface area (Å²) in [6, 6.07) is 10.4. The van der Waals surface area contributed by atoms with Crippen LogP contribution in [0, 0.1) is 6.92 Å². The van der Waals surface area contributed by atoms with Gasteiger partial charge in [-0.1, -0.05) is 26.0 Å². The summed E-state index contributed by atoms with van der Waals surface area (Å²) in [6.07, 6.45) is 1.02. The van der Waals surface area contributed by atoms with Gasteiger partial charge in [-0.3, -0.25) is 19.2 Å². The van der Waals surface area contributed by atoms with Gasteiger partial charge in [-0.2, -0.15) is 11.8 Å². The number of aryl methyl sites for hydroxylation is 1. The second-order valence-corrected chi connectivity index (χ2v) is 11.5. The summed E-state index contributed by atoms with van der Waals surface area (Å²) in [5.74, 6) is -2.46. The topological polar surface area (TPSA) is 125 Å². The van der Waals surface area contributed by atoms with E-state index in [0.29, 0.717) is 12.1 Å². The molecule has 36 heavy (non-hydrogen) atoms. The number of carbonyl (C=O) groups excluding carboxylic acids is 3. The number of thiophene rings is 1. The van der Waals surface area contributed by atoms with Gasteiger partial charge in [-0.05, 0) is 54.2 Å². The fraction of sp³-hybridized carbons (Fsp3) is 0.440. The molecule has 192 valence electrons. The van der Waals surface area contributed by atoms with E-state index in [1.165, 1.54) is 21.5 Å². The predicted molar refractivity (Wildman–Crippen MR) is 146 cm³/mol. The Kier molecular flexibility index (Phi) is 11.5. The maximum absolute atomic E-state index is 12.9. The summed E-state index contributed by atoms with van der Waals surface area (Å²) in [7, 11) is 6.00. The van der Waals surface area contributed by atoms with Crippen LogP contribution in [0.2, 0.25) is 0 Å². The first-order valence-electron chi connectivity index (χ1n) is 11.6. The Morgan fingerprint density at radius 2 is 1.92 bits per heavy atom. The van der Waals surface area contributed by atoms with Crippen LogP contribution >= 0.6 is 23.1 Å². The molecule has 2 radical (unpaired) electrons. The van der Waals surface area contributed by atoms with Gasteiger partial charge < -0.3 is 21.1 Å². The summed E-state index contributed by atoms with van der Waals surface area (Å²) in [4.78, 5) is 50.8. The molecule has 3 amide bonds. The van der Waals surface area contributed by atoms with Crippen molar-refractivity contribution in [2.45, 2.75) is 57.1 Å². The van der Waals surface area contributed by atoms with E-state index in [9.17, 15) is 19.2 Å². The van der Waals surface area contributed by atoms with Crippen LogP contribution in [0.5, 0.6) is 0 Å². The molecule has 0 aliphatic carbocycles. The monoisotopic (exact) mass is 529 g/mol. The molecule has 1 aromatic heterocycles. The smallest absolute Gasteiger partial charge is 0.303 e. The van der Waals surface area contributed by atoms with E-state index in [2.05, 4.69) is 28.1 Å². The molecule has 0 saturated heterocycles. The van der Waals surface area contributed by atoms with Gasteiger partial charge in [0.05, 0.1) is 20.1 Å². The fourth-order valence-electron chi connectivity index (χ4n) is 3.11. The zero-order chi connectivity index (χ0) is 26.7. The molecular formula is C25H32BN3O5S2. The third-order valence-electron chi connectivity index (χ3n) is 5.35. The van der Waals surface area contributed by atoms with Gasteiger partial charge in [-0.15, -0.1) is 11.3 Å². The van der Waals surface area contributed by atoms with Gasteiger partial charge in [0.2, 0.25) is 17.7 Å². The van der Waals surface area contributed by atoms with Crippen molar-refractivity contribution in [3.8, 4) is 0 Å². The number of hydrogen-bond donors (Lipinski definition) is 4. The van der Waals surface area contributed by atoms with E-state index in [-0.39, 0.29) is 31.0 Å². The van der Waals surface area contributed by atoms with Crippen LogP contribution in [0.4, 0.5) is 5.69 Å². The van der Waals surface area contributed by atoms with E-state index in [1.807, 2.05) is 39.0 Å². The van der Waals surface area contributed by atoms with Crippen LogP contribution in [-0.4, -0.2) is 59.6 Å². The largest absolute Gasteiger partial charge is 0.481 e. The van der Waals surface area contributed by atoms with Crippen LogP contribution in [0.25, 0.3) is 0 Å². The van der Waals surface area contributed by atoms with E-state index >= 15 is 0 Å². The van der Waals surface area contributed by atoms with Crippen molar-refractivity contribution in [2.75, 3.05) is 17.6 Å². The Morgan fingerprint density at radius 3 is 2.56 bits per heavy atom. The van der Waals surface area contributed by atoms with Gasteiger partial charge in [-0.25, -0.2) is 0 Å². The number of hydrogen-bond acceptors (Lipinski definition) is 6. The van der Waals surface area contributed by atoms with Crippen LogP contribution in [-0.2, 0) is 25.6 Å². The molecule has 2 aromatic rings. The minimum atomic E-state index is -1.08. The number of nitrogens with one attached hydrogen (secondary N) is 3. The molecule has 1 unspecified atom stereocenters. The van der Waals surface area contributed by atoms with Crippen molar-refractivity contribution in [1.82, 2.24) is 10.6 Å². The molecule has 0 aliphatic rings. The van der Waals surface area contributed by atoms with Crippen molar-refractivity contribution < 1.29 is 24.3 Å². The van der Waals surface area contributed by atoms with E-state index < -0.39 is 28.5 Å². The minimum Gasteiger partial charge on any atom is -0.481 e. The van der Waals surface area contributed by atoms with Crippen molar-refractivity contribution in [1.29, 1.82) is 0 Å². The number of aliphatic carboxylic acids is 1. The number of rotatable bonds is 14. The Hall–Kier alpha value is -2.79. The quantitative estimate of drug-likeness (QED) is 0.279. The highest BCUT2D eigenvalue weighted by molar-refractivity contribution is 8.02. The summed E-state index contributed by atoms with van der Waals surface area (Å²) in [6.45, 7) is 5.45. The van der Waals surface area contributed by atoms with Gasteiger partial charge in [0.25, 0.3) is 0 Å². The van der Waals surface area contributed by atoms with Crippen LogP contribution in [0.1, 0.15) is 48.4 Å². The standard InChI is InChI=1S/C25H32BN3O5S2/c1-4-25(3,26)35-15-22(31)27-14-21(30)29-20(10-11-23(32)33)24(34)28-18-7-5-6-17(12-18)13-19-9-8-16(2)36-19/h5-9,12,20H,4,10-11,13-15H2,1-3H3,(H,27,31)(H,28,34)(H,29,30)(H,32,33)/t20-,25?/m0/s1. The third-order valence-corrected chi connectivity index (χ3v) is 7.70. The first-order chi connectivity index (χ1) is 17.0. The van der Waals surface area contributed by atoms with E-state index in [4.69, 9.17) is 13.0 Å². The Bertz CT molecular complexity index is 1070. The number of anilines is 1. The van der Waals surface area contributed by atoms with E-state index in [1.54, 1.807) is 17.4 Å². The SMILES string of the molecule is [B]C(C)(CC)SCC(=O)NCC(=O)N[C@@H](CCC(=O)O)C(=O)Nc1cccc(Cc2ccc(C)s2)c1. The lowest BCUT2D eigenvalue weighted by Gasteiger charge is -2.22. The molecule has 8 nitrogen and oxygen atoms in total. The van der Waals surface area contributed by atoms with Gasteiger partial charge >= 0.3 is 5.97 Å². The lowest BCUT2D eigenvalue weighted by Crippen LogP contribution is -2.48. The van der Waals surface area contributed by atoms with Gasteiger partial charge in [0.1, 0.15) is 6.04 Å². The summed E-state index contributed by atoms with van der Waals surface area (Å²) in [5, 5.41) is 16.8. The number of amides is 3. The molecule has 0 saturated carbocycles. The number of carbonyl (C=O) groups is 4. The van der Waals surface area contributed by atoms with E-state index in [0.717, 1.165) is 12.0 Å². The second kappa shape index (κ2) is 14.1. The highest BCUT2D eigenvalue weighted by atomic mass is 32.2. The first-order valence-corrected chi connectivity index (χ1v) is 13.4. The van der Waals surface area contributed by atoms with Gasteiger partial charge in [0.15, 0.2) is 0 Å². The Morgan fingerprint density at radius 1 is 1.17 bits per heavy atom. The molecular weight excluding hydrogens is 497 g/mol. The van der Waals surface area contributed by atoms with Crippen molar-refractivity contribution >= 4 is 60.3 Å². The molecule has 11 heteroatoms. The fourth-order valence-corrected chi connectivity index (χ4v) is 4.81. The van der Waals surface area contributed by atoms with Crippen LogP contribution < -0.4 is 16.0 Å². The lowest BCUT2D eigenvalue weighted by atomic mass is 9.86. The Balaban J connectivity index is 1.95. The molecule has 1 aromatic carbocycles. The maximum Gasteiger partial charge on any atom is 0.303 e. The number of benzene rings is 1. The van der Waals surface area contributed by atoms with Crippen molar-refractivity contribution in [3.05, 3.63) is 51.7 Å². The summed E-state index contributed by atoms with van der Waals surface area (Å²) >= 11 is 2.98. The second-order valence-electron chi connectivity index (χ2n) is 8.66. The average molecular weight is 529 g/mol. The minimum absolute atomic E-state index is 0.0904. The maximum atomic E-state index is 12.9. The van der Waals surface area contributed by atoms with Gasteiger partial charge in [0, 0.05) is 28.3 Å². The predicted octanol–water partition coefficient (Wildman–Crippen LogP) is 3.08. The highest BCUT2D eigenvalue weighted by Gasteiger charge is 2.23. The summed E-state index contributed by atoms with van der Waals surface area (Å²) in [5.41, 5.74) is 1.56. The summed E-state index contributed by atoms with van der Waals surface area (Å²) < 4.78 is -0.542. The number of thioether (sulfide) groups is 1. The molecule has 2 atom stereocenters. The average Bonchev–Trinajstić information content (AvgIpc) is 3.23. The zero-order valence-electron chi connectivity index (χ0n) is 20.8. The van der Waals surface area contributed by atoms with Crippen molar-refractivity contribution in [3.63, 3.8) is 0 Å². The molecule has 0 aliphatic heterocycles. The third kappa shape index (κ3) is 10.9. The molecule has 1 heterocycles. The normalized spacial score (nSPS) is 13.3. The molecule has 0 spiro atoms. The molecule has 0 bridgehead atoms.